The number of unbranched alkanes of at least 4 members (excludes halogenated alkanes) is 14. The minimum atomic E-state index is 0. The molecule has 0 radical (unpaired) electrons. The predicted molar refractivity (Wildman–Crippen MR) is 135 cm³/mol. The summed E-state index contributed by atoms with van der Waals surface area (Å²) in [5, 5.41) is 0. The van der Waals surface area contributed by atoms with Crippen LogP contribution in [0.1, 0.15) is 143 Å². The number of nitrogens with zero attached hydrogens (tertiary/aromatic N) is 1. The zero-order valence-corrected chi connectivity index (χ0v) is 22.9. The van der Waals surface area contributed by atoms with Gasteiger partial charge in [-0.25, -0.2) is 0 Å². The highest BCUT2D eigenvalue weighted by Crippen LogP contribution is 2.15. The Balaban J connectivity index is 0. The van der Waals surface area contributed by atoms with Crippen molar-refractivity contribution >= 4 is 0 Å². The van der Waals surface area contributed by atoms with Gasteiger partial charge in [0.25, 0.3) is 0 Å². The molecule has 0 aliphatic carbocycles. The second kappa shape index (κ2) is 22.4. The van der Waals surface area contributed by atoms with E-state index in [4.69, 9.17) is 0 Å². The lowest BCUT2D eigenvalue weighted by Crippen LogP contribution is -3.00. The van der Waals surface area contributed by atoms with Crippen LogP contribution in [0.2, 0.25) is 0 Å². The molecule has 0 aliphatic heterocycles. The number of hydrogen-bond donors (Lipinski definition) is 0. The molecule has 0 heterocycles. The van der Waals surface area contributed by atoms with Gasteiger partial charge < -0.3 is 16.9 Å². The molecule has 0 rings (SSSR count). The average molecular weight is 446 g/mol. The lowest BCUT2D eigenvalue weighted by molar-refractivity contribution is -0.890. The highest BCUT2D eigenvalue weighted by Gasteiger charge is 2.13. The second-order valence-electron chi connectivity index (χ2n) is 11.4. The number of quaternary nitrogens is 1. The molecule has 0 saturated carbocycles. The summed E-state index contributed by atoms with van der Waals surface area (Å²) < 4.78 is 1.24. The molecular weight excluding hydrogens is 386 g/mol. The maximum Gasteiger partial charge on any atom is 0.0782 e. The Labute approximate surface area is 199 Å². The first kappa shape index (κ1) is 32.4. The maximum atomic E-state index is 2.45. The Morgan fingerprint density at radius 2 is 0.633 bits per heavy atom. The lowest BCUT2D eigenvalue weighted by atomic mass is 10.0. The van der Waals surface area contributed by atoms with Gasteiger partial charge in [-0.15, -0.1) is 0 Å². The first-order valence-electron chi connectivity index (χ1n) is 13.7. The molecule has 0 aliphatic rings. The van der Waals surface area contributed by atoms with Crippen LogP contribution in [0, 0.1) is 11.8 Å². The van der Waals surface area contributed by atoms with Crippen LogP contribution in [0.15, 0.2) is 0 Å². The summed E-state index contributed by atoms with van der Waals surface area (Å²) in [4.78, 5) is 0. The van der Waals surface area contributed by atoms with E-state index in [1.165, 1.54) is 133 Å². The third-order valence-corrected chi connectivity index (χ3v) is 6.59. The van der Waals surface area contributed by atoms with E-state index in [1.54, 1.807) is 0 Å². The van der Waals surface area contributed by atoms with Gasteiger partial charge in [-0.1, -0.05) is 118 Å². The van der Waals surface area contributed by atoms with Crippen LogP contribution < -0.4 is 12.4 Å². The molecule has 0 spiro atoms. The van der Waals surface area contributed by atoms with Crippen LogP contribution in [-0.4, -0.2) is 31.7 Å². The smallest absolute Gasteiger partial charge is 0.0782 e. The molecule has 30 heavy (non-hydrogen) atoms. The van der Waals surface area contributed by atoms with Crippen molar-refractivity contribution in [3.63, 3.8) is 0 Å². The van der Waals surface area contributed by atoms with Gasteiger partial charge in [0.1, 0.15) is 0 Å². The average Bonchev–Trinajstić information content (AvgIpc) is 2.64. The van der Waals surface area contributed by atoms with Crippen molar-refractivity contribution in [2.75, 3.05) is 27.2 Å². The fraction of sp³-hybridized carbons (Fsp3) is 1.00. The molecule has 0 aromatic carbocycles. The van der Waals surface area contributed by atoms with Crippen LogP contribution in [0.3, 0.4) is 0 Å². The number of halogens is 1. The quantitative estimate of drug-likeness (QED) is 0.133. The summed E-state index contributed by atoms with van der Waals surface area (Å²) in [6.07, 6.45) is 26.1. The summed E-state index contributed by atoms with van der Waals surface area (Å²) in [5.74, 6) is 1.78. The third kappa shape index (κ3) is 26.3. The molecule has 1 nitrogen and oxygen atoms in total. The Hall–Kier alpha value is 0.250. The molecule has 184 valence electrons. The van der Waals surface area contributed by atoms with Gasteiger partial charge in [0.05, 0.1) is 27.2 Å². The molecule has 0 fully saturated rings. The van der Waals surface area contributed by atoms with E-state index in [0.29, 0.717) is 0 Å². The standard InChI is InChI=1S/C28H60N.ClH/c1-27(2)23-19-15-11-7-9-13-17-21-25-29(5,6)26-22-18-14-10-8-12-16-20-24-28(3)4;/h27-28H,7-26H2,1-6H3;1H/q+1;/p-1. The highest BCUT2D eigenvalue weighted by molar-refractivity contribution is 4.51. The van der Waals surface area contributed by atoms with Gasteiger partial charge in [-0.3, -0.25) is 0 Å². The Morgan fingerprint density at radius 1 is 0.400 bits per heavy atom. The van der Waals surface area contributed by atoms with Gasteiger partial charge in [0.15, 0.2) is 0 Å². The molecular formula is C28H60ClN. The van der Waals surface area contributed by atoms with Crippen molar-refractivity contribution < 1.29 is 16.9 Å². The molecule has 0 saturated heterocycles. The van der Waals surface area contributed by atoms with Crippen molar-refractivity contribution in [2.45, 2.75) is 143 Å². The van der Waals surface area contributed by atoms with E-state index < -0.39 is 0 Å². The summed E-state index contributed by atoms with van der Waals surface area (Å²) in [5.41, 5.74) is 0. The van der Waals surface area contributed by atoms with Crippen LogP contribution in [0.25, 0.3) is 0 Å². The molecule has 0 aromatic rings. The van der Waals surface area contributed by atoms with Gasteiger partial charge in [0.2, 0.25) is 0 Å². The molecule has 0 atom stereocenters. The monoisotopic (exact) mass is 445 g/mol. The zero-order valence-electron chi connectivity index (χ0n) is 22.1. The Bertz CT molecular complexity index is 295. The third-order valence-electron chi connectivity index (χ3n) is 6.59. The minimum Gasteiger partial charge on any atom is -1.00 e. The van der Waals surface area contributed by atoms with Gasteiger partial charge >= 0.3 is 0 Å². The fourth-order valence-electron chi connectivity index (χ4n) is 4.42. The van der Waals surface area contributed by atoms with Gasteiger partial charge in [-0.2, -0.15) is 0 Å². The van der Waals surface area contributed by atoms with Crippen LogP contribution in [-0.2, 0) is 0 Å². The molecule has 0 bridgehead atoms. The molecule has 0 amide bonds. The topological polar surface area (TPSA) is 0 Å². The number of hydrogen-bond acceptors (Lipinski definition) is 0. The molecule has 0 N–H and O–H groups in total. The van der Waals surface area contributed by atoms with E-state index in [2.05, 4.69) is 41.8 Å². The second-order valence-corrected chi connectivity index (χ2v) is 11.4. The SMILES string of the molecule is CC(C)CCCCCCCCCC[N+](C)(C)CCCCCCCCCCC(C)C.[Cl-]. The van der Waals surface area contributed by atoms with E-state index >= 15 is 0 Å². The summed E-state index contributed by atoms with van der Waals surface area (Å²) in [7, 11) is 4.90. The zero-order chi connectivity index (χ0) is 21.8. The summed E-state index contributed by atoms with van der Waals surface area (Å²) in [6, 6.07) is 0. The van der Waals surface area contributed by atoms with Crippen molar-refractivity contribution in [1.82, 2.24) is 0 Å². The van der Waals surface area contributed by atoms with Gasteiger partial charge in [0, 0.05) is 0 Å². The Kier molecular flexibility index (Phi) is 24.3. The van der Waals surface area contributed by atoms with Crippen molar-refractivity contribution in [2.24, 2.45) is 11.8 Å². The maximum absolute atomic E-state index is 2.45. The number of rotatable bonds is 22. The molecule has 0 aromatic heterocycles. The summed E-state index contributed by atoms with van der Waals surface area (Å²) in [6.45, 7) is 12.1. The Morgan fingerprint density at radius 3 is 0.900 bits per heavy atom. The molecule has 2 heteroatoms. The first-order valence-corrected chi connectivity index (χ1v) is 13.7. The van der Waals surface area contributed by atoms with E-state index in [-0.39, 0.29) is 12.4 Å². The lowest BCUT2D eigenvalue weighted by Gasteiger charge is -2.30. The first-order chi connectivity index (χ1) is 13.8. The van der Waals surface area contributed by atoms with Crippen molar-refractivity contribution in [1.29, 1.82) is 0 Å². The van der Waals surface area contributed by atoms with Crippen molar-refractivity contribution in [3.05, 3.63) is 0 Å². The van der Waals surface area contributed by atoms with Crippen LogP contribution in [0.5, 0.6) is 0 Å². The fourth-order valence-corrected chi connectivity index (χ4v) is 4.42. The molecule has 0 unspecified atom stereocenters. The van der Waals surface area contributed by atoms with E-state index in [9.17, 15) is 0 Å². The summed E-state index contributed by atoms with van der Waals surface area (Å²) >= 11 is 0. The normalized spacial score (nSPS) is 12.0. The highest BCUT2D eigenvalue weighted by atomic mass is 35.5. The van der Waals surface area contributed by atoms with Crippen LogP contribution >= 0.6 is 0 Å². The van der Waals surface area contributed by atoms with E-state index in [0.717, 1.165) is 11.8 Å². The predicted octanol–water partition coefficient (Wildman–Crippen LogP) is 6.40. The van der Waals surface area contributed by atoms with Gasteiger partial charge in [-0.05, 0) is 37.5 Å². The van der Waals surface area contributed by atoms with Crippen molar-refractivity contribution in [3.8, 4) is 0 Å². The minimum absolute atomic E-state index is 0. The van der Waals surface area contributed by atoms with E-state index in [1.807, 2.05) is 0 Å². The van der Waals surface area contributed by atoms with Crippen LogP contribution in [0.4, 0.5) is 0 Å². The largest absolute Gasteiger partial charge is 1.00 e.